The van der Waals surface area contributed by atoms with Crippen LogP contribution in [-0.4, -0.2) is 29.2 Å². The number of H-pyrrole nitrogens is 1. The second kappa shape index (κ2) is 9.27. The zero-order valence-electron chi connectivity index (χ0n) is 15.8. The first-order valence-corrected chi connectivity index (χ1v) is 9.22. The van der Waals surface area contributed by atoms with Crippen LogP contribution in [0.25, 0.3) is 28.1 Å². The van der Waals surface area contributed by atoms with Gasteiger partial charge in [-0.2, -0.15) is 4.40 Å². The average molecular weight is 405 g/mol. The van der Waals surface area contributed by atoms with E-state index < -0.39 is 0 Å². The third-order valence-corrected chi connectivity index (χ3v) is 5.19. The zero-order valence-corrected chi connectivity index (χ0v) is 17.3. The fourth-order valence-corrected chi connectivity index (χ4v) is 3.66. The van der Waals surface area contributed by atoms with E-state index in [1.54, 1.807) is 4.90 Å². The van der Waals surface area contributed by atoms with Gasteiger partial charge in [-0.05, 0) is 26.0 Å². The Labute approximate surface area is 172 Å². The van der Waals surface area contributed by atoms with E-state index in [2.05, 4.69) is 88.6 Å². The number of nitrogens with one attached hydrogen (secondary N) is 2. The van der Waals surface area contributed by atoms with E-state index in [1.807, 2.05) is 0 Å². The predicted molar refractivity (Wildman–Crippen MR) is 102 cm³/mol. The maximum Gasteiger partial charge on any atom is 0.368 e. The van der Waals surface area contributed by atoms with Crippen molar-refractivity contribution in [2.45, 2.75) is 20.4 Å². The molecule has 0 fully saturated rings. The Bertz CT molecular complexity index is 987. The van der Waals surface area contributed by atoms with Gasteiger partial charge < -0.3 is 29.7 Å². The van der Waals surface area contributed by atoms with Gasteiger partial charge in [0.2, 0.25) is 0 Å². The van der Waals surface area contributed by atoms with E-state index >= 15 is 0 Å². The van der Waals surface area contributed by atoms with E-state index in [4.69, 9.17) is 0 Å². The van der Waals surface area contributed by atoms with Gasteiger partial charge in [0, 0.05) is 5.56 Å². The average Bonchev–Trinajstić information content (AvgIpc) is 3.20. The van der Waals surface area contributed by atoms with Gasteiger partial charge in [0.1, 0.15) is 36.0 Å². The molecule has 27 heavy (non-hydrogen) atoms. The largest absolute Gasteiger partial charge is 1.00 e. The van der Waals surface area contributed by atoms with Gasteiger partial charge >= 0.3 is 5.78 Å². The number of aromatic nitrogens is 3. The summed E-state index contributed by atoms with van der Waals surface area (Å²) in [7, 11) is 0. The number of imidazole rings is 2. The minimum absolute atomic E-state index is 0. The maximum absolute atomic E-state index is 3.61. The van der Waals surface area contributed by atoms with Crippen molar-refractivity contribution < 1.29 is 34.1 Å². The smallest absolute Gasteiger partial charge is 0.368 e. The van der Waals surface area contributed by atoms with E-state index in [0.717, 1.165) is 18.9 Å². The van der Waals surface area contributed by atoms with Crippen molar-refractivity contribution in [3.05, 3.63) is 60.8 Å². The summed E-state index contributed by atoms with van der Waals surface area (Å²) in [5.41, 5.74) is 4.94. The minimum Gasteiger partial charge on any atom is -1.00 e. The summed E-state index contributed by atoms with van der Waals surface area (Å²) in [6, 6.07) is 19.2. The Hall–Kier alpha value is -2.01. The number of halogens is 2. The molecule has 0 radical (unpaired) electrons. The quantitative estimate of drug-likeness (QED) is 0.310. The van der Waals surface area contributed by atoms with Gasteiger partial charge in [-0.1, -0.05) is 42.5 Å². The normalized spacial score (nSPS) is 10.9. The molecule has 0 aliphatic heterocycles. The summed E-state index contributed by atoms with van der Waals surface area (Å²) in [5, 5.41) is 0. The summed E-state index contributed by atoms with van der Waals surface area (Å²) >= 11 is 0. The third-order valence-electron chi connectivity index (χ3n) is 5.19. The van der Waals surface area contributed by atoms with Crippen LogP contribution >= 0.6 is 0 Å². The number of nitrogens with zero attached hydrogens (tertiary/aromatic N) is 2. The van der Waals surface area contributed by atoms with Crippen molar-refractivity contribution in [3.63, 3.8) is 0 Å². The lowest BCUT2D eigenvalue weighted by Gasteiger charge is -2.14. The molecule has 0 aliphatic carbocycles. The molecule has 6 heteroatoms. The third kappa shape index (κ3) is 3.98. The van der Waals surface area contributed by atoms with Crippen molar-refractivity contribution in [2.24, 2.45) is 0 Å². The summed E-state index contributed by atoms with van der Waals surface area (Å²) in [6.07, 6.45) is 2.26. The fraction of sp³-hybridized carbons (Fsp3) is 0.286. The highest BCUT2D eigenvalue weighted by atomic mass is 35.5. The molecule has 2 heterocycles. The van der Waals surface area contributed by atoms with Crippen LogP contribution in [0.5, 0.6) is 0 Å². The molecule has 2 aromatic carbocycles. The van der Waals surface area contributed by atoms with Crippen LogP contribution in [-0.2, 0) is 6.54 Å². The minimum atomic E-state index is 0. The number of rotatable bonds is 6. The Morgan fingerprint density at radius 2 is 1.59 bits per heavy atom. The summed E-state index contributed by atoms with van der Waals surface area (Å²) in [5.74, 6) is 1.16. The first-order valence-electron chi connectivity index (χ1n) is 9.22. The van der Waals surface area contributed by atoms with Crippen molar-refractivity contribution >= 4 is 16.8 Å². The lowest BCUT2D eigenvalue weighted by molar-refractivity contribution is -0.897. The Morgan fingerprint density at radius 1 is 0.926 bits per heavy atom. The number of hydrogen-bond donors (Lipinski definition) is 2. The summed E-state index contributed by atoms with van der Waals surface area (Å²) < 4.78 is 4.72. The van der Waals surface area contributed by atoms with Crippen LogP contribution in [0.2, 0.25) is 0 Å². The molecule has 0 unspecified atom stereocenters. The van der Waals surface area contributed by atoms with Crippen LogP contribution < -0.4 is 34.1 Å². The molecular weight excluding hydrogens is 379 g/mol. The molecule has 4 aromatic rings. The highest BCUT2D eigenvalue weighted by Crippen LogP contribution is 2.22. The fourth-order valence-electron chi connectivity index (χ4n) is 3.66. The number of benzene rings is 2. The van der Waals surface area contributed by atoms with E-state index in [9.17, 15) is 0 Å². The van der Waals surface area contributed by atoms with E-state index in [1.165, 1.54) is 35.4 Å². The number of aromatic amines is 1. The van der Waals surface area contributed by atoms with Crippen molar-refractivity contribution in [3.8, 4) is 11.3 Å². The molecular formula is C21H26Cl2N4. The van der Waals surface area contributed by atoms with Gasteiger partial charge in [0.05, 0.1) is 13.1 Å². The monoisotopic (exact) mass is 404 g/mol. The molecule has 144 valence electrons. The second-order valence-corrected chi connectivity index (χ2v) is 6.57. The predicted octanol–water partition coefficient (Wildman–Crippen LogP) is -3.69. The van der Waals surface area contributed by atoms with Gasteiger partial charge in [-0.3, -0.25) is 0 Å². The number of fused-ring (bicyclic) bond motifs is 3. The van der Waals surface area contributed by atoms with Crippen molar-refractivity contribution in [1.82, 2.24) is 9.55 Å². The first-order chi connectivity index (χ1) is 12.3. The van der Waals surface area contributed by atoms with E-state index in [-0.39, 0.29) is 24.8 Å². The molecule has 0 aliphatic rings. The van der Waals surface area contributed by atoms with Gasteiger partial charge in [0.15, 0.2) is 0 Å². The molecule has 4 nitrogen and oxygen atoms in total. The highest BCUT2D eigenvalue weighted by molar-refractivity contribution is 5.74. The molecule has 0 saturated carbocycles. The molecule has 0 amide bonds. The lowest BCUT2D eigenvalue weighted by Crippen LogP contribution is -3.11. The van der Waals surface area contributed by atoms with E-state index in [0.29, 0.717) is 0 Å². The first kappa shape index (κ1) is 21.3. The number of hydrogen-bond acceptors (Lipinski definition) is 0. The molecule has 0 bridgehead atoms. The molecule has 4 rings (SSSR count). The van der Waals surface area contributed by atoms with Crippen molar-refractivity contribution in [2.75, 3.05) is 19.6 Å². The van der Waals surface area contributed by atoms with Crippen LogP contribution in [0.3, 0.4) is 0 Å². The van der Waals surface area contributed by atoms with Crippen LogP contribution in [0, 0.1) is 0 Å². The standard InChI is InChI=1S/C21H24N4.2ClH/c1-3-23(4-2)14-15-24-20(17-10-6-5-7-11-17)16-25-19-13-9-8-12-18(19)22-21(24)25;;/h5-13,16H,3-4,14-15H2,1-2H3;2*1H. The van der Waals surface area contributed by atoms with Crippen LogP contribution in [0.4, 0.5) is 0 Å². The van der Waals surface area contributed by atoms with Crippen LogP contribution in [0.15, 0.2) is 60.8 Å². The Kier molecular flexibility index (Phi) is 7.31. The summed E-state index contributed by atoms with van der Waals surface area (Å²) in [4.78, 5) is 5.24. The summed E-state index contributed by atoms with van der Waals surface area (Å²) in [6.45, 7) is 9.00. The van der Waals surface area contributed by atoms with Gasteiger partial charge in [0.25, 0.3) is 0 Å². The highest BCUT2D eigenvalue weighted by Gasteiger charge is 2.22. The number of likely N-dealkylation sites (N-methyl/N-ethyl adjacent to an activating group) is 1. The lowest BCUT2D eigenvalue weighted by atomic mass is 10.2. The molecule has 0 atom stereocenters. The molecule has 2 N–H and O–H groups in total. The topological polar surface area (TPSA) is 29.3 Å². The van der Waals surface area contributed by atoms with Gasteiger partial charge in [-0.25, -0.2) is 9.55 Å². The van der Waals surface area contributed by atoms with Gasteiger partial charge in [-0.15, -0.1) is 0 Å². The SMILES string of the molecule is CC[NH+](CC)CCn1c(-c2ccccc2)c[n+]2c3ccccc3[nH]c12.[Cl-].[Cl-]. The Balaban J connectivity index is 0.00000131. The molecule has 0 spiro atoms. The Morgan fingerprint density at radius 3 is 2.30 bits per heavy atom. The zero-order chi connectivity index (χ0) is 17.2. The van der Waals surface area contributed by atoms with Crippen LogP contribution in [0.1, 0.15) is 13.8 Å². The van der Waals surface area contributed by atoms with Crippen molar-refractivity contribution in [1.29, 1.82) is 0 Å². The maximum atomic E-state index is 3.61. The molecule has 2 aromatic heterocycles. The number of para-hydroxylation sites is 2. The number of quaternary nitrogens is 1. The molecule has 0 saturated heterocycles. The second-order valence-electron chi connectivity index (χ2n) is 6.57.